The SMILES string of the molecule is CC(C)CCC[C@@H](C)[C@H]1CCC2C3CC=C4CC(OC(=O)NCCNC(=O)OC5CC[C@@]6(C)C(=CCC7C6CC[C@@]6(C)C7CC[C@@H]6[C@H](C)CCCC(C)C)C5)CC[C@]4(C)C3CC[C@@]21C. The normalized spacial score (nSPS) is 42.1. The van der Waals surface area contributed by atoms with Gasteiger partial charge in [0.1, 0.15) is 12.2 Å². The molecular formula is C58H96N2O4. The van der Waals surface area contributed by atoms with Crippen LogP contribution in [-0.2, 0) is 9.47 Å². The second-order valence-corrected chi connectivity index (χ2v) is 26.0. The van der Waals surface area contributed by atoms with Crippen LogP contribution in [0.4, 0.5) is 9.59 Å². The fraction of sp³-hybridized carbons (Fsp3) is 0.897. The average molecular weight is 885 g/mol. The molecule has 6 saturated carbocycles. The smallest absolute Gasteiger partial charge is 0.407 e. The minimum Gasteiger partial charge on any atom is -0.446 e. The molecule has 0 aliphatic heterocycles. The van der Waals surface area contributed by atoms with Gasteiger partial charge >= 0.3 is 12.2 Å². The van der Waals surface area contributed by atoms with Gasteiger partial charge in [-0.1, -0.05) is 131 Å². The van der Waals surface area contributed by atoms with Crippen LogP contribution >= 0.6 is 0 Å². The van der Waals surface area contributed by atoms with E-state index in [9.17, 15) is 9.59 Å². The third-order valence-corrected chi connectivity index (χ3v) is 21.7. The van der Waals surface area contributed by atoms with Crippen molar-refractivity contribution in [2.75, 3.05) is 13.1 Å². The van der Waals surface area contributed by atoms with E-state index < -0.39 is 0 Å². The molecule has 0 aromatic rings. The third-order valence-electron chi connectivity index (χ3n) is 21.7. The Morgan fingerprint density at radius 3 is 1.34 bits per heavy atom. The third kappa shape index (κ3) is 9.41. The molecule has 8 unspecified atom stereocenters. The fourth-order valence-corrected chi connectivity index (χ4v) is 18.2. The summed E-state index contributed by atoms with van der Waals surface area (Å²) in [5, 5.41) is 5.85. The fourth-order valence-electron chi connectivity index (χ4n) is 18.2. The van der Waals surface area contributed by atoms with Crippen molar-refractivity contribution in [1.29, 1.82) is 0 Å². The molecule has 0 aromatic carbocycles. The van der Waals surface area contributed by atoms with Crippen LogP contribution in [0.1, 0.15) is 210 Å². The van der Waals surface area contributed by atoms with Crippen molar-refractivity contribution in [1.82, 2.24) is 10.6 Å². The summed E-state index contributed by atoms with van der Waals surface area (Å²) >= 11 is 0. The molecule has 6 heteroatoms. The molecule has 0 heterocycles. The highest BCUT2D eigenvalue weighted by atomic mass is 16.6. The van der Waals surface area contributed by atoms with E-state index in [1.54, 1.807) is 11.1 Å². The highest BCUT2D eigenvalue weighted by Crippen LogP contribution is 2.69. The minimum atomic E-state index is -0.368. The zero-order valence-corrected chi connectivity index (χ0v) is 42.8. The lowest BCUT2D eigenvalue weighted by atomic mass is 9.47. The number of carbonyl (C=O) groups excluding carboxylic acids is 2. The van der Waals surface area contributed by atoms with Gasteiger partial charge in [-0.25, -0.2) is 9.59 Å². The van der Waals surface area contributed by atoms with Gasteiger partial charge in [-0.3, -0.25) is 0 Å². The van der Waals surface area contributed by atoms with Crippen molar-refractivity contribution < 1.29 is 19.1 Å². The first kappa shape index (κ1) is 48.5. The summed E-state index contributed by atoms with van der Waals surface area (Å²) in [5.41, 5.74) is 4.58. The van der Waals surface area contributed by atoms with Crippen LogP contribution in [0.5, 0.6) is 0 Å². The monoisotopic (exact) mass is 885 g/mol. The molecule has 0 saturated heterocycles. The number of ether oxygens (including phenoxy) is 2. The molecule has 16 atom stereocenters. The largest absolute Gasteiger partial charge is 0.446 e. The first-order valence-electron chi connectivity index (χ1n) is 27.7. The standard InChI is InChI=1S/C58H96N2O4/c1-37(2)13-11-15-39(5)47-21-23-49-45-19-17-41-35-43(25-29-55(41,7)51(45)27-31-57(47,49)9)63-53(61)59-33-34-60-54(62)64-44-26-30-56(8)42(36-44)18-20-46-50-24-22-48(40(6)16-12-14-38(3)4)58(50,10)32-28-52(46)56/h17-18,37-40,43-52H,11-16,19-36H2,1-10H3,(H,59,61)(H,60,62)/t39-,40-,43?,44?,45?,46?,47-,48-,49?,50?,51?,52?,55+,56+,57-,58-/m1/s1. The van der Waals surface area contributed by atoms with E-state index in [1.807, 2.05) is 0 Å². The number of allylic oxidation sites excluding steroid dienone is 2. The second kappa shape index (κ2) is 19.6. The van der Waals surface area contributed by atoms with E-state index in [0.717, 1.165) is 110 Å². The molecule has 6 nitrogen and oxygen atoms in total. The second-order valence-electron chi connectivity index (χ2n) is 26.0. The van der Waals surface area contributed by atoms with E-state index in [2.05, 4.69) is 92.0 Å². The van der Waals surface area contributed by atoms with Crippen molar-refractivity contribution >= 4 is 12.2 Å². The van der Waals surface area contributed by atoms with Crippen LogP contribution < -0.4 is 10.6 Å². The number of carbonyl (C=O) groups is 2. The highest BCUT2D eigenvalue weighted by molar-refractivity contribution is 5.68. The number of alkyl carbamates (subject to hydrolysis) is 2. The Kier molecular flexibility index (Phi) is 14.8. The number of fused-ring (bicyclic) bond motifs is 10. The van der Waals surface area contributed by atoms with Gasteiger partial charge in [0.15, 0.2) is 0 Å². The molecule has 0 aromatic heterocycles. The summed E-state index contributed by atoms with van der Waals surface area (Å²) in [4.78, 5) is 26.1. The number of hydrogen-bond donors (Lipinski definition) is 2. The Hall–Kier alpha value is -1.98. The topological polar surface area (TPSA) is 76.7 Å². The van der Waals surface area contributed by atoms with Crippen LogP contribution in [0.25, 0.3) is 0 Å². The summed E-state index contributed by atoms with van der Waals surface area (Å²) < 4.78 is 12.1. The first-order chi connectivity index (χ1) is 30.5. The lowest BCUT2D eigenvalue weighted by Crippen LogP contribution is -2.51. The van der Waals surface area contributed by atoms with E-state index >= 15 is 0 Å². The summed E-state index contributed by atoms with van der Waals surface area (Å²) in [6.07, 6.45) is 32.1. The van der Waals surface area contributed by atoms with Crippen LogP contribution in [-0.4, -0.2) is 37.5 Å². The quantitative estimate of drug-likeness (QED) is 0.127. The molecule has 8 rings (SSSR count). The van der Waals surface area contributed by atoms with Gasteiger partial charge in [0.05, 0.1) is 0 Å². The Labute approximate surface area is 392 Å². The number of rotatable bonds is 15. The van der Waals surface area contributed by atoms with Crippen molar-refractivity contribution in [2.45, 2.75) is 223 Å². The molecule has 6 fully saturated rings. The first-order valence-corrected chi connectivity index (χ1v) is 27.7. The molecule has 2 amide bonds. The Bertz CT molecular complexity index is 1580. The zero-order chi connectivity index (χ0) is 45.6. The van der Waals surface area contributed by atoms with E-state index in [0.29, 0.717) is 23.9 Å². The van der Waals surface area contributed by atoms with Crippen LogP contribution in [0.15, 0.2) is 23.3 Å². The number of hydrogen-bond acceptors (Lipinski definition) is 4. The average Bonchev–Trinajstić information content (AvgIpc) is 3.79. The summed E-state index contributed by atoms with van der Waals surface area (Å²) in [6, 6.07) is 0. The molecule has 64 heavy (non-hydrogen) atoms. The van der Waals surface area contributed by atoms with Crippen molar-refractivity contribution in [3.63, 3.8) is 0 Å². The lowest BCUT2D eigenvalue weighted by molar-refractivity contribution is -0.0582. The van der Waals surface area contributed by atoms with Gasteiger partial charge in [-0.15, -0.1) is 0 Å². The maximum absolute atomic E-state index is 13.0. The Morgan fingerprint density at radius 1 is 0.547 bits per heavy atom. The maximum atomic E-state index is 13.0. The van der Waals surface area contributed by atoms with Crippen molar-refractivity contribution in [3.8, 4) is 0 Å². The van der Waals surface area contributed by atoms with Gasteiger partial charge in [0, 0.05) is 25.9 Å². The lowest BCUT2D eigenvalue weighted by Gasteiger charge is -2.58. The van der Waals surface area contributed by atoms with Gasteiger partial charge in [0.2, 0.25) is 0 Å². The van der Waals surface area contributed by atoms with E-state index in [-0.39, 0.29) is 35.2 Å². The molecule has 0 radical (unpaired) electrons. The minimum absolute atomic E-state index is 0.0760. The molecule has 0 bridgehead atoms. The van der Waals surface area contributed by atoms with Crippen molar-refractivity contribution in [2.24, 2.45) is 92.7 Å². The van der Waals surface area contributed by atoms with Crippen molar-refractivity contribution in [3.05, 3.63) is 23.3 Å². The molecular weight excluding hydrogens is 789 g/mol. The Morgan fingerprint density at radius 2 is 0.953 bits per heavy atom. The van der Waals surface area contributed by atoms with E-state index in [4.69, 9.17) is 9.47 Å². The molecule has 8 aliphatic rings. The van der Waals surface area contributed by atoms with Gasteiger partial charge in [-0.2, -0.15) is 0 Å². The molecule has 0 spiro atoms. The van der Waals surface area contributed by atoms with Crippen LogP contribution in [0.3, 0.4) is 0 Å². The van der Waals surface area contributed by atoms with Gasteiger partial charge < -0.3 is 20.1 Å². The summed E-state index contributed by atoms with van der Waals surface area (Å²) in [6.45, 7) is 25.8. The van der Waals surface area contributed by atoms with Crippen LogP contribution in [0.2, 0.25) is 0 Å². The van der Waals surface area contributed by atoms with E-state index in [1.165, 1.54) is 103 Å². The molecule has 362 valence electrons. The Balaban J connectivity index is 0.749. The summed E-state index contributed by atoms with van der Waals surface area (Å²) in [7, 11) is 0. The highest BCUT2D eigenvalue weighted by Gasteiger charge is 2.61. The number of amides is 2. The molecule has 8 aliphatic carbocycles. The summed E-state index contributed by atoms with van der Waals surface area (Å²) in [5.74, 6) is 9.93. The van der Waals surface area contributed by atoms with Gasteiger partial charge in [0.25, 0.3) is 0 Å². The van der Waals surface area contributed by atoms with Crippen LogP contribution in [0, 0.1) is 92.7 Å². The predicted octanol–water partition coefficient (Wildman–Crippen LogP) is 15.3. The number of nitrogens with one attached hydrogen (secondary N) is 2. The zero-order valence-electron chi connectivity index (χ0n) is 42.8. The maximum Gasteiger partial charge on any atom is 0.407 e. The predicted molar refractivity (Wildman–Crippen MR) is 263 cm³/mol. The molecule has 2 N–H and O–H groups in total. The van der Waals surface area contributed by atoms with Gasteiger partial charge in [-0.05, 0) is 183 Å².